The summed E-state index contributed by atoms with van der Waals surface area (Å²) in [6.07, 6.45) is 3.72. The van der Waals surface area contributed by atoms with Gasteiger partial charge in [0.25, 0.3) is 0 Å². The van der Waals surface area contributed by atoms with Gasteiger partial charge in [0.2, 0.25) is 5.91 Å². The standard InChI is InChI=1S/C20H25N5O2/c1-23(2)20(26)14-27-17-12-24(11-16-6-9-22-25(16)13-17)10-15-4-3-5-19-18(15)7-8-21-19/h3-9,17,21H,10-14H2,1-2H3/t17-/m1/s1. The van der Waals surface area contributed by atoms with Gasteiger partial charge in [-0.15, -0.1) is 0 Å². The maximum atomic E-state index is 11.9. The summed E-state index contributed by atoms with van der Waals surface area (Å²) >= 11 is 0. The van der Waals surface area contributed by atoms with E-state index < -0.39 is 0 Å². The highest BCUT2D eigenvalue weighted by Crippen LogP contribution is 2.22. The second-order valence-corrected chi connectivity index (χ2v) is 7.25. The molecule has 0 fully saturated rings. The number of amides is 1. The summed E-state index contributed by atoms with van der Waals surface area (Å²) in [5, 5.41) is 5.67. The van der Waals surface area contributed by atoms with Gasteiger partial charge in [0, 0.05) is 57.0 Å². The first-order valence-electron chi connectivity index (χ1n) is 9.20. The van der Waals surface area contributed by atoms with Crippen molar-refractivity contribution in [3.8, 4) is 0 Å². The lowest BCUT2D eigenvalue weighted by Gasteiger charge is -2.24. The van der Waals surface area contributed by atoms with Crippen molar-refractivity contribution in [3.05, 3.63) is 54.0 Å². The number of nitrogens with one attached hydrogen (secondary N) is 1. The predicted molar refractivity (Wildman–Crippen MR) is 103 cm³/mol. The number of ether oxygens (including phenoxy) is 1. The Morgan fingerprint density at radius 2 is 2.19 bits per heavy atom. The Kier molecular flexibility index (Phi) is 4.96. The molecule has 1 amide bonds. The van der Waals surface area contributed by atoms with E-state index in [1.807, 2.05) is 17.1 Å². The maximum absolute atomic E-state index is 11.9. The van der Waals surface area contributed by atoms with Crippen molar-refractivity contribution in [1.82, 2.24) is 24.6 Å². The zero-order valence-electron chi connectivity index (χ0n) is 15.8. The second kappa shape index (κ2) is 7.54. The third kappa shape index (κ3) is 3.89. The molecule has 27 heavy (non-hydrogen) atoms. The zero-order chi connectivity index (χ0) is 18.8. The van der Waals surface area contributed by atoms with Crippen LogP contribution in [0.1, 0.15) is 11.3 Å². The molecule has 0 radical (unpaired) electrons. The van der Waals surface area contributed by atoms with E-state index >= 15 is 0 Å². The Morgan fingerprint density at radius 1 is 1.30 bits per heavy atom. The summed E-state index contributed by atoms with van der Waals surface area (Å²) in [5.41, 5.74) is 3.60. The molecule has 1 aliphatic rings. The molecule has 4 rings (SSSR count). The monoisotopic (exact) mass is 367 g/mol. The van der Waals surface area contributed by atoms with E-state index in [0.29, 0.717) is 6.54 Å². The minimum Gasteiger partial charge on any atom is -0.365 e. The predicted octanol–water partition coefficient (Wildman–Crippen LogP) is 1.85. The van der Waals surface area contributed by atoms with E-state index in [4.69, 9.17) is 4.74 Å². The molecule has 0 saturated carbocycles. The number of carbonyl (C=O) groups excluding carboxylic acids is 1. The lowest BCUT2D eigenvalue weighted by Crippen LogP contribution is -2.36. The van der Waals surface area contributed by atoms with Gasteiger partial charge < -0.3 is 14.6 Å². The van der Waals surface area contributed by atoms with Crippen LogP contribution in [0.4, 0.5) is 0 Å². The van der Waals surface area contributed by atoms with Crippen molar-refractivity contribution < 1.29 is 9.53 Å². The Balaban J connectivity index is 1.53. The number of likely N-dealkylation sites (N-methyl/N-ethyl adjacent to an activating group) is 1. The Labute approximate surface area is 158 Å². The number of fused-ring (bicyclic) bond motifs is 2. The van der Waals surface area contributed by atoms with Crippen LogP contribution in [0.3, 0.4) is 0 Å². The summed E-state index contributed by atoms with van der Waals surface area (Å²) in [6.45, 7) is 3.14. The molecule has 1 aliphatic heterocycles. The molecule has 2 aromatic heterocycles. The van der Waals surface area contributed by atoms with Gasteiger partial charge in [0.1, 0.15) is 6.61 Å². The average molecular weight is 367 g/mol. The van der Waals surface area contributed by atoms with Crippen molar-refractivity contribution in [3.63, 3.8) is 0 Å². The van der Waals surface area contributed by atoms with Crippen molar-refractivity contribution in [1.29, 1.82) is 0 Å². The van der Waals surface area contributed by atoms with Crippen LogP contribution >= 0.6 is 0 Å². The topological polar surface area (TPSA) is 66.4 Å². The van der Waals surface area contributed by atoms with Crippen molar-refractivity contribution in [2.24, 2.45) is 0 Å². The number of nitrogens with zero attached hydrogens (tertiary/aromatic N) is 4. The highest BCUT2D eigenvalue weighted by atomic mass is 16.5. The van der Waals surface area contributed by atoms with Crippen LogP contribution in [-0.4, -0.2) is 63.8 Å². The molecular formula is C20H25N5O2. The van der Waals surface area contributed by atoms with Gasteiger partial charge in [0.05, 0.1) is 18.3 Å². The van der Waals surface area contributed by atoms with Crippen LogP contribution < -0.4 is 0 Å². The second-order valence-electron chi connectivity index (χ2n) is 7.25. The first-order valence-corrected chi connectivity index (χ1v) is 9.20. The lowest BCUT2D eigenvalue weighted by molar-refractivity contribution is -0.136. The minimum absolute atomic E-state index is 0.0245. The normalized spacial score (nSPS) is 17.6. The Morgan fingerprint density at radius 3 is 3.04 bits per heavy atom. The number of aromatic nitrogens is 3. The summed E-state index contributed by atoms with van der Waals surface area (Å²) in [7, 11) is 3.49. The Hall–Kier alpha value is -2.64. The molecule has 0 unspecified atom stereocenters. The average Bonchev–Trinajstić information content (AvgIpc) is 3.26. The van der Waals surface area contributed by atoms with Gasteiger partial charge in [0.15, 0.2) is 0 Å². The quantitative estimate of drug-likeness (QED) is 0.747. The van der Waals surface area contributed by atoms with Crippen LogP contribution in [0, 0.1) is 0 Å². The molecule has 7 heteroatoms. The summed E-state index contributed by atoms with van der Waals surface area (Å²) in [6, 6.07) is 10.5. The molecule has 0 saturated heterocycles. The van der Waals surface area contributed by atoms with Crippen LogP contribution in [0.2, 0.25) is 0 Å². The SMILES string of the molecule is CN(C)C(=O)CO[C@@H]1CN(Cc2cccc3[nH]ccc23)Cc2ccnn2C1. The van der Waals surface area contributed by atoms with E-state index in [2.05, 4.69) is 45.3 Å². The summed E-state index contributed by atoms with van der Waals surface area (Å²) in [4.78, 5) is 19.1. The van der Waals surface area contributed by atoms with Gasteiger partial charge >= 0.3 is 0 Å². The molecule has 1 atom stereocenters. The third-order valence-electron chi connectivity index (χ3n) is 5.05. The van der Waals surface area contributed by atoms with Crippen molar-refractivity contribution >= 4 is 16.8 Å². The first kappa shape index (κ1) is 17.8. The fourth-order valence-corrected chi connectivity index (χ4v) is 3.56. The van der Waals surface area contributed by atoms with Crippen LogP contribution in [0.25, 0.3) is 10.9 Å². The molecule has 1 aromatic carbocycles. The molecular weight excluding hydrogens is 342 g/mol. The van der Waals surface area contributed by atoms with Crippen molar-refractivity contribution in [2.75, 3.05) is 27.2 Å². The molecule has 0 aliphatic carbocycles. The number of aromatic amines is 1. The fourth-order valence-electron chi connectivity index (χ4n) is 3.56. The van der Waals surface area contributed by atoms with Crippen LogP contribution in [-0.2, 0) is 29.2 Å². The number of hydrogen-bond donors (Lipinski definition) is 1. The maximum Gasteiger partial charge on any atom is 0.248 e. The number of benzene rings is 1. The van der Waals surface area contributed by atoms with Gasteiger partial charge in [-0.1, -0.05) is 12.1 Å². The molecule has 7 nitrogen and oxygen atoms in total. The first-order chi connectivity index (χ1) is 13.1. The summed E-state index contributed by atoms with van der Waals surface area (Å²) in [5.74, 6) is -0.0245. The van der Waals surface area contributed by atoms with Crippen molar-refractivity contribution in [2.45, 2.75) is 25.7 Å². The molecule has 1 N–H and O–H groups in total. The summed E-state index contributed by atoms with van der Waals surface area (Å²) < 4.78 is 7.94. The molecule has 3 aromatic rings. The van der Waals surface area contributed by atoms with E-state index in [1.165, 1.54) is 16.6 Å². The van der Waals surface area contributed by atoms with Gasteiger partial charge in [-0.05, 0) is 23.8 Å². The molecule has 0 spiro atoms. The number of H-pyrrole nitrogens is 1. The van der Waals surface area contributed by atoms with E-state index in [9.17, 15) is 4.79 Å². The Bertz CT molecular complexity index is 929. The minimum atomic E-state index is -0.0829. The lowest BCUT2D eigenvalue weighted by atomic mass is 10.1. The number of hydrogen-bond acceptors (Lipinski definition) is 4. The fraction of sp³-hybridized carbons (Fsp3) is 0.400. The van der Waals surface area contributed by atoms with Gasteiger partial charge in [-0.3, -0.25) is 14.4 Å². The smallest absolute Gasteiger partial charge is 0.248 e. The molecule has 0 bridgehead atoms. The molecule has 3 heterocycles. The van der Waals surface area contributed by atoms with E-state index in [-0.39, 0.29) is 18.6 Å². The van der Waals surface area contributed by atoms with Crippen LogP contribution in [0.5, 0.6) is 0 Å². The third-order valence-corrected chi connectivity index (χ3v) is 5.05. The van der Waals surface area contributed by atoms with Gasteiger partial charge in [-0.2, -0.15) is 5.10 Å². The molecule has 142 valence electrons. The zero-order valence-corrected chi connectivity index (χ0v) is 15.8. The van der Waals surface area contributed by atoms with Gasteiger partial charge in [-0.25, -0.2) is 0 Å². The van der Waals surface area contributed by atoms with Crippen LogP contribution in [0.15, 0.2) is 42.7 Å². The van der Waals surface area contributed by atoms with E-state index in [1.54, 1.807) is 19.0 Å². The number of carbonyl (C=O) groups is 1. The highest BCUT2D eigenvalue weighted by molar-refractivity contribution is 5.82. The number of rotatable bonds is 5. The largest absolute Gasteiger partial charge is 0.365 e. The highest BCUT2D eigenvalue weighted by Gasteiger charge is 2.24. The van der Waals surface area contributed by atoms with E-state index in [0.717, 1.165) is 25.2 Å².